The normalized spacial score (nSPS) is 13.6. The van der Waals surface area contributed by atoms with Crippen molar-refractivity contribution in [2.24, 2.45) is 0 Å². The molecule has 3 aromatic heterocycles. The van der Waals surface area contributed by atoms with Gasteiger partial charge in [0.2, 0.25) is 5.91 Å². The zero-order valence-corrected chi connectivity index (χ0v) is 16.1. The summed E-state index contributed by atoms with van der Waals surface area (Å²) in [5, 5.41) is 12.5. The van der Waals surface area contributed by atoms with Crippen LogP contribution in [-0.2, 0) is 27.3 Å². The molecule has 0 saturated heterocycles. The summed E-state index contributed by atoms with van der Waals surface area (Å²) in [6.45, 7) is -0.622. The molecule has 3 heterocycles. The molecule has 3 aromatic rings. The van der Waals surface area contributed by atoms with Crippen molar-refractivity contribution >= 4 is 28.4 Å². The van der Waals surface area contributed by atoms with Crippen molar-refractivity contribution in [3.05, 3.63) is 65.6 Å². The number of nitrogens with one attached hydrogen (secondary N) is 1. The average Bonchev–Trinajstić information content (AvgIpc) is 3.35. The smallest absolute Gasteiger partial charge is 0.330 e. The number of carbonyl (C=O) groups is 2. The number of fused-ring (bicyclic) bond motifs is 2. The van der Waals surface area contributed by atoms with E-state index in [9.17, 15) is 19.1 Å². The number of allylic oxidation sites excluding steroid dienone is 1. The second kappa shape index (κ2) is 8.03. The minimum atomic E-state index is -1.12. The molecule has 1 aliphatic carbocycles. The van der Waals surface area contributed by atoms with Crippen LogP contribution in [0.5, 0.6) is 0 Å². The fourth-order valence-corrected chi connectivity index (χ4v) is 3.59. The molecule has 154 valence electrons. The summed E-state index contributed by atoms with van der Waals surface area (Å²) in [5.74, 6) is -1.58. The highest BCUT2D eigenvalue weighted by molar-refractivity contribution is 5.97. The lowest BCUT2D eigenvalue weighted by Gasteiger charge is -2.14. The van der Waals surface area contributed by atoms with Crippen LogP contribution in [0.25, 0.3) is 16.5 Å². The Morgan fingerprint density at radius 2 is 2.20 bits per heavy atom. The fourth-order valence-electron chi connectivity index (χ4n) is 3.59. The van der Waals surface area contributed by atoms with E-state index < -0.39 is 30.3 Å². The molecule has 1 atom stereocenters. The summed E-state index contributed by atoms with van der Waals surface area (Å²) in [5.41, 5.74) is 3.75. The van der Waals surface area contributed by atoms with Crippen molar-refractivity contribution in [1.29, 1.82) is 0 Å². The summed E-state index contributed by atoms with van der Waals surface area (Å²) in [7, 11) is 1.18. The van der Waals surface area contributed by atoms with Crippen LogP contribution in [0.4, 0.5) is 4.39 Å². The monoisotopic (exact) mass is 410 g/mol. The van der Waals surface area contributed by atoms with Gasteiger partial charge in [0.1, 0.15) is 12.4 Å². The highest BCUT2D eigenvalue weighted by atomic mass is 19.1. The molecule has 30 heavy (non-hydrogen) atoms. The molecule has 0 fully saturated rings. The standard InChI is InChI=1S/C21H19FN4O4/c1-30-21(29)17(11-27)25-19(28)10-26-7-5-14-18(26)4-6-23-20(14)13-2-3-16-15(13)8-12(22)9-24-16/h2,4-9,17,27H,3,10-11H2,1H3,(H,25,28)/t17-/m0/s1. The minimum Gasteiger partial charge on any atom is -0.467 e. The van der Waals surface area contributed by atoms with E-state index in [-0.39, 0.29) is 6.54 Å². The van der Waals surface area contributed by atoms with E-state index in [2.05, 4.69) is 20.0 Å². The molecule has 1 amide bonds. The van der Waals surface area contributed by atoms with Crippen LogP contribution in [0, 0.1) is 5.82 Å². The lowest BCUT2D eigenvalue weighted by Crippen LogP contribution is -2.45. The third-order valence-electron chi connectivity index (χ3n) is 5.00. The van der Waals surface area contributed by atoms with Crippen molar-refractivity contribution in [3.63, 3.8) is 0 Å². The number of amides is 1. The largest absolute Gasteiger partial charge is 0.467 e. The Balaban J connectivity index is 1.62. The van der Waals surface area contributed by atoms with Crippen LogP contribution in [0.2, 0.25) is 0 Å². The zero-order chi connectivity index (χ0) is 21.3. The van der Waals surface area contributed by atoms with Gasteiger partial charge in [-0.1, -0.05) is 6.08 Å². The molecule has 0 aliphatic heterocycles. The first-order valence-electron chi connectivity index (χ1n) is 9.29. The lowest BCUT2D eigenvalue weighted by molar-refractivity contribution is -0.146. The highest BCUT2D eigenvalue weighted by Crippen LogP contribution is 2.34. The number of hydrogen-bond donors (Lipinski definition) is 2. The Hall–Kier alpha value is -3.59. The first-order chi connectivity index (χ1) is 14.5. The Kier molecular flexibility index (Phi) is 5.28. The summed E-state index contributed by atoms with van der Waals surface area (Å²) in [4.78, 5) is 32.5. The zero-order valence-electron chi connectivity index (χ0n) is 16.1. The number of rotatable bonds is 6. The van der Waals surface area contributed by atoms with Crippen LogP contribution in [-0.4, -0.2) is 51.3 Å². The fraction of sp³-hybridized carbons (Fsp3) is 0.238. The van der Waals surface area contributed by atoms with Crippen LogP contribution < -0.4 is 5.32 Å². The van der Waals surface area contributed by atoms with E-state index in [1.165, 1.54) is 19.4 Å². The number of esters is 1. The molecular formula is C21H19FN4O4. The number of halogens is 1. The molecule has 0 saturated carbocycles. The number of hydrogen-bond acceptors (Lipinski definition) is 6. The van der Waals surface area contributed by atoms with E-state index in [0.717, 1.165) is 22.2 Å². The summed E-state index contributed by atoms with van der Waals surface area (Å²) in [6.07, 6.45) is 7.13. The van der Waals surface area contributed by atoms with E-state index in [0.29, 0.717) is 17.7 Å². The molecule has 9 heteroatoms. The van der Waals surface area contributed by atoms with Crippen molar-refractivity contribution < 1.29 is 23.8 Å². The number of methoxy groups -OCH3 is 1. The van der Waals surface area contributed by atoms with Crippen LogP contribution >= 0.6 is 0 Å². The number of aromatic nitrogens is 3. The van der Waals surface area contributed by atoms with E-state index >= 15 is 0 Å². The minimum absolute atomic E-state index is 0.0632. The van der Waals surface area contributed by atoms with Gasteiger partial charge in [-0.3, -0.25) is 14.8 Å². The second-order valence-corrected chi connectivity index (χ2v) is 6.83. The van der Waals surface area contributed by atoms with E-state index in [4.69, 9.17) is 0 Å². The van der Waals surface area contributed by atoms with Crippen molar-refractivity contribution in [2.45, 2.75) is 19.0 Å². The van der Waals surface area contributed by atoms with Crippen molar-refractivity contribution in [3.8, 4) is 0 Å². The highest BCUT2D eigenvalue weighted by Gasteiger charge is 2.23. The summed E-state index contributed by atoms with van der Waals surface area (Å²) in [6, 6.07) is 3.94. The molecule has 2 N–H and O–H groups in total. The van der Waals surface area contributed by atoms with Gasteiger partial charge in [0, 0.05) is 35.3 Å². The number of aliphatic hydroxyl groups excluding tert-OH is 1. The average molecular weight is 410 g/mol. The quantitative estimate of drug-likeness (QED) is 0.592. The third-order valence-corrected chi connectivity index (χ3v) is 5.00. The van der Waals surface area contributed by atoms with Gasteiger partial charge in [0.15, 0.2) is 6.04 Å². The molecule has 0 aromatic carbocycles. The van der Waals surface area contributed by atoms with Gasteiger partial charge in [-0.25, -0.2) is 9.18 Å². The molecule has 8 nitrogen and oxygen atoms in total. The topological polar surface area (TPSA) is 106 Å². The van der Waals surface area contributed by atoms with Gasteiger partial charge in [0.25, 0.3) is 0 Å². The maximum atomic E-state index is 13.7. The molecule has 0 bridgehead atoms. The second-order valence-electron chi connectivity index (χ2n) is 6.83. The van der Waals surface area contributed by atoms with Gasteiger partial charge in [0.05, 0.1) is 36.8 Å². The molecular weight excluding hydrogens is 391 g/mol. The summed E-state index contributed by atoms with van der Waals surface area (Å²) < 4.78 is 20.0. The number of carbonyl (C=O) groups excluding carboxylic acids is 2. The molecule has 0 radical (unpaired) electrons. The third kappa shape index (κ3) is 3.55. The Labute approximate surface area is 171 Å². The van der Waals surface area contributed by atoms with Gasteiger partial charge < -0.3 is 19.7 Å². The maximum absolute atomic E-state index is 13.7. The van der Waals surface area contributed by atoms with Crippen LogP contribution in [0.1, 0.15) is 17.0 Å². The number of ether oxygens (including phenoxy) is 1. The van der Waals surface area contributed by atoms with Gasteiger partial charge >= 0.3 is 5.97 Å². The van der Waals surface area contributed by atoms with E-state index in [1.807, 2.05) is 12.1 Å². The van der Waals surface area contributed by atoms with Crippen molar-refractivity contribution in [1.82, 2.24) is 19.9 Å². The number of nitrogens with zero attached hydrogens (tertiary/aromatic N) is 3. The molecule has 0 spiro atoms. The Morgan fingerprint density at radius 3 is 2.97 bits per heavy atom. The Bertz CT molecular complexity index is 1170. The first-order valence-corrected chi connectivity index (χ1v) is 9.29. The van der Waals surface area contributed by atoms with Gasteiger partial charge in [-0.05, 0) is 18.2 Å². The van der Waals surface area contributed by atoms with Crippen LogP contribution in [0.15, 0.2) is 42.9 Å². The van der Waals surface area contributed by atoms with E-state index in [1.54, 1.807) is 23.0 Å². The van der Waals surface area contributed by atoms with Crippen molar-refractivity contribution in [2.75, 3.05) is 13.7 Å². The van der Waals surface area contributed by atoms with Gasteiger partial charge in [-0.2, -0.15) is 0 Å². The molecule has 0 unspecified atom stereocenters. The van der Waals surface area contributed by atoms with Crippen LogP contribution in [0.3, 0.4) is 0 Å². The predicted molar refractivity (Wildman–Crippen MR) is 106 cm³/mol. The predicted octanol–water partition coefficient (Wildman–Crippen LogP) is 1.21. The number of pyridine rings is 2. The molecule has 1 aliphatic rings. The first kappa shape index (κ1) is 19.7. The molecule has 4 rings (SSSR count). The maximum Gasteiger partial charge on any atom is 0.330 e. The summed E-state index contributed by atoms with van der Waals surface area (Å²) >= 11 is 0. The number of aliphatic hydroxyl groups is 1. The van der Waals surface area contributed by atoms with Gasteiger partial charge in [-0.15, -0.1) is 0 Å². The SMILES string of the molecule is COC(=O)[C@H](CO)NC(=O)Cn1ccc2c(C3=CCc4ncc(F)cc43)nccc21. The Morgan fingerprint density at radius 1 is 1.37 bits per heavy atom. The lowest BCUT2D eigenvalue weighted by atomic mass is 10.0.